The number of hydrogen-bond acceptors (Lipinski definition) is 4. The molecule has 0 spiro atoms. The van der Waals surface area contributed by atoms with Gasteiger partial charge in [0.2, 0.25) is 17.7 Å². The molecule has 1 heterocycles. The summed E-state index contributed by atoms with van der Waals surface area (Å²) in [5, 5.41) is 5.37. The van der Waals surface area contributed by atoms with Crippen LogP contribution in [0.15, 0.2) is 48.7 Å². The fourth-order valence-electron chi connectivity index (χ4n) is 2.22. The van der Waals surface area contributed by atoms with Gasteiger partial charge in [0, 0.05) is 31.4 Å². The predicted molar refractivity (Wildman–Crippen MR) is 94.7 cm³/mol. The predicted octanol–water partition coefficient (Wildman–Crippen LogP) is 2.03. The third-order valence-electron chi connectivity index (χ3n) is 3.33. The quantitative estimate of drug-likeness (QED) is 0.842. The molecule has 0 atom stereocenters. The highest BCUT2D eigenvalue weighted by molar-refractivity contribution is 5.95. The van der Waals surface area contributed by atoms with Crippen LogP contribution in [0, 0.1) is 0 Å². The minimum Gasteiger partial charge on any atom is -0.328 e. The maximum Gasteiger partial charge on any atom is 0.244 e. The van der Waals surface area contributed by atoms with Gasteiger partial charge in [-0.15, -0.1) is 0 Å². The summed E-state index contributed by atoms with van der Waals surface area (Å²) in [5.41, 5.74) is 1.83. The van der Waals surface area contributed by atoms with Crippen LogP contribution in [0.25, 0.3) is 0 Å². The van der Waals surface area contributed by atoms with Gasteiger partial charge < -0.3 is 15.5 Å². The Labute approximate surface area is 146 Å². The molecule has 1 aromatic heterocycles. The van der Waals surface area contributed by atoms with E-state index in [1.165, 1.54) is 18.7 Å². The first-order valence-corrected chi connectivity index (χ1v) is 7.77. The highest BCUT2D eigenvalue weighted by Gasteiger charge is 2.15. The topological polar surface area (TPSA) is 91.4 Å². The lowest BCUT2D eigenvalue weighted by Crippen LogP contribution is -2.36. The Balaban J connectivity index is 1.99. The molecule has 0 bridgehead atoms. The van der Waals surface area contributed by atoms with Crippen molar-refractivity contribution in [2.45, 2.75) is 20.4 Å². The van der Waals surface area contributed by atoms with Crippen LogP contribution in [0.2, 0.25) is 0 Å². The molecule has 7 heteroatoms. The summed E-state index contributed by atoms with van der Waals surface area (Å²) >= 11 is 0. The first-order valence-electron chi connectivity index (χ1n) is 7.77. The monoisotopic (exact) mass is 340 g/mol. The average Bonchev–Trinajstić information content (AvgIpc) is 2.54. The Morgan fingerprint density at radius 3 is 2.32 bits per heavy atom. The van der Waals surface area contributed by atoms with Crippen molar-refractivity contribution < 1.29 is 14.4 Å². The molecule has 2 aromatic rings. The molecule has 2 N–H and O–H groups in total. The lowest BCUT2D eigenvalue weighted by molar-refractivity contribution is -0.133. The summed E-state index contributed by atoms with van der Waals surface area (Å²) in [7, 11) is 0. The molecule has 0 fully saturated rings. The van der Waals surface area contributed by atoms with E-state index in [9.17, 15) is 14.4 Å². The number of benzene rings is 1. The zero-order valence-electron chi connectivity index (χ0n) is 14.2. The summed E-state index contributed by atoms with van der Waals surface area (Å²) < 4.78 is 0. The highest BCUT2D eigenvalue weighted by Crippen LogP contribution is 2.15. The van der Waals surface area contributed by atoms with E-state index in [0.29, 0.717) is 17.1 Å². The van der Waals surface area contributed by atoms with Crippen LogP contribution < -0.4 is 10.6 Å². The normalized spacial score (nSPS) is 10.0. The van der Waals surface area contributed by atoms with Gasteiger partial charge in [-0.3, -0.25) is 19.4 Å². The van der Waals surface area contributed by atoms with Crippen molar-refractivity contribution in [2.24, 2.45) is 0 Å². The summed E-state index contributed by atoms with van der Waals surface area (Å²) in [6, 6.07) is 12.2. The Morgan fingerprint density at radius 1 is 1.00 bits per heavy atom. The summed E-state index contributed by atoms with van der Waals surface area (Å²) in [5.74, 6) is -0.736. The molecule has 2 rings (SSSR count). The molecule has 0 aliphatic carbocycles. The second-order valence-corrected chi connectivity index (χ2v) is 5.51. The smallest absolute Gasteiger partial charge is 0.244 e. The van der Waals surface area contributed by atoms with Crippen LogP contribution in [0.4, 0.5) is 11.4 Å². The Hall–Kier alpha value is -3.22. The Morgan fingerprint density at radius 2 is 1.72 bits per heavy atom. The number of carbonyl (C=O) groups excluding carboxylic acids is 3. The van der Waals surface area contributed by atoms with Crippen molar-refractivity contribution in [3.05, 3.63) is 54.4 Å². The number of pyridine rings is 1. The van der Waals surface area contributed by atoms with Gasteiger partial charge in [-0.2, -0.15) is 0 Å². The lowest BCUT2D eigenvalue weighted by Gasteiger charge is -2.20. The van der Waals surface area contributed by atoms with Gasteiger partial charge in [0.05, 0.1) is 12.2 Å². The number of rotatable bonds is 6. The van der Waals surface area contributed by atoms with Gasteiger partial charge in [0.15, 0.2) is 0 Å². The second-order valence-electron chi connectivity index (χ2n) is 5.51. The molecule has 0 saturated carbocycles. The first-order chi connectivity index (χ1) is 11.9. The zero-order valence-corrected chi connectivity index (χ0v) is 14.2. The van der Waals surface area contributed by atoms with Crippen molar-refractivity contribution in [1.29, 1.82) is 0 Å². The van der Waals surface area contributed by atoms with E-state index in [0.717, 1.165) is 0 Å². The van der Waals surface area contributed by atoms with E-state index in [-0.39, 0.29) is 30.8 Å². The van der Waals surface area contributed by atoms with E-state index in [1.54, 1.807) is 42.6 Å². The standard InChI is InChI=1S/C18H20N4O3/c1-13(23)20-15-7-5-8-16(10-15)21-18(25)12-22(14(2)24)11-17-6-3-4-9-19-17/h3-10H,11-12H2,1-2H3,(H,20,23)(H,21,25). The number of carbonyl (C=O) groups is 3. The molecule has 0 radical (unpaired) electrons. The van der Waals surface area contributed by atoms with Crippen molar-refractivity contribution in [3.8, 4) is 0 Å². The van der Waals surface area contributed by atoms with Gasteiger partial charge in [0.25, 0.3) is 0 Å². The van der Waals surface area contributed by atoms with Crippen molar-refractivity contribution in [1.82, 2.24) is 9.88 Å². The summed E-state index contributed by atoms with van der Waals surface area (Å²) in [6.45, 7) is 2.99. The average molecular weight is 340 g/mol. The SMILES string of the molecule is CC(=O)Nc1cccc(NC(=O)CN(Cc2ccccn2)C(C)=O)c1. The van der Waals surface area contributed by atoms with Gasteiger partial charge in [-0.05, 0) is 30.3 Å². The fraction of sp³-hybridized carbons (Fsp3) is 0.222. The number of anilines is 2. The molecule has 0 unspecified atom stereocenters. The van der Waals surface area contributed by atoms with Crippen LogP contribution in [-0.4, -0.2) is 34.2 Å². The molecule has 0 saturated heterocycles. The first kappa shape index (κ1) is 18.1. The molecule has 25 heavy (non-hydrogen) atoms. The molecular weight excluding hydrogens is 320 g/mol. The van der Waals surface area contributed by atoms with Crippen molar-refractivity contribution in [3.63, 3.8) is 0 Å². The number of nitrogens with zero attached hydrogens (tertiary/aromatic N) is 2. The Bertz CT molecular complexity index is 762. The van der Waals surface area contributed by atoms with Crippen molar-refractivity contribution in [2.75, 3.05) is 17.2 Å². The number of amides is 3. The van der Waals surface area contributed by atoms with Gasteiger partial charge in [0.1, 0.15) is 6.54 Å². The number of nitrogens with one attached hydrogen (secondary N) is 2. The number of aromatic nitrogens is 1. The third-order valence-corrected chi connectivity index (χ3v) is 3.33. The molecule has 3 amide bonds. The second kappa shape index (κ2) is 8.58. The largest absolute Gasteiger partial charge is 0.328 e. The summed E-state index contributed by atoms with van der Waals surface area (Å²) in [6.07, 6.45) is 1.64. The third kappa shape index (κ3) is 6.06. The van der Waals surface area contributed by atoms with E-state index in [2.05, 4.69) is 15.6 Å². The van der Waals surface area contributed by atoms with Gasteiger partial charge in [-0.1, -0.05) is 12.1 Å². The molecule has 7 nitrogen and oxygen atoms in total. The molecule has 1 aromatic carbocycles. The molecule has 0 aliphatic heterocycles. The minimum atomic E-state index is -0.328. The van der Waals surface area contributed by atoms with Gasteiger partial charge in [-0.25, -0.2) is 0 Å². The minimum absolute atomic E-state index is 0.0870. The van der Waals surface area contributed by atoms with E-state index in [1.807, 2.05) is 6.07 Å². The fourth-order valence-corrected chi connectivity index (χ4v) is 2.22. The van der Waals surface area contributed by atoms with E-state index in [4.69, 9.17) is 0 Å². The lowest BCUT2D eigenvalue weighted by atomic mass is 10.2. The Kier molecular flexibility index (Phi) is 6.22. The zero-order chi connectivity index (χ0) is 18.2. The van der Waals surface area contributed by atoms with Crippen LogP contribution in [-0.2, 0) is 20.9 Å². The van der Waals surface area contributed by atoms with Crippen LogP contribution in [0.1, 0.15) is 19.5 Å². The van der Waals surface area contributed by atoms with E-state index < -0.39 is 0 Å². The van der Waals surface area contributed by atoms with Gasteiger partial charge >= 0.3 is 0 Å². The van der Waals surface area contributed by atoms with Crippen LogP contribution in [0.3, 0.4) is 0 Å². The maximum atomic E-state index is 12.2. The van der Waals surface area contributed by atoms with Crippen molar-refractivity contribution >= 4 is 29.1 Å². The highest BCUT2D eigenvalue weighted by atomic mass is 16.2. The van der Waals surface area contributed by atoms with Crippen LogP contribution in [0.5, 0.6) is 0 Å². The molecule has 0 aliphatic rings. The molecular formula is C18H20N4O3. The number of hydrogen-bond donors (Lipinski definition) is 2. The molecule has 130 valence electrons. The summed E-state index contributed by atoms with van der Waals surface area (Å²) in [4.78, 5) is 40.7. The maximum absolute atomic E-state index is 12.2. The van der Waals surface area contributed by atoms with Crippen LogP contribution >= 0.6 is 0 Å². The van der Waals surface area contributed by atoms with E-state index >= 15 is 0 Å².